The Balaban J connectivity index is 1.48. The summed E-state index contributed by atoms with van der Waals surface area (Å²) in [5.41, 5.74) is 2.48. The standard InChI is InChI=1S/C22H21F4N7O4/c23-15-10-13(37-22(24,25)26)2-1-12(15)9-14-18-4-6-31(21(35)36)7-8-33(18)29-19(14)20(34)32-5-3-16-17(11-32)28-30-27-16/h1-2,10H,3-9,11H2,(H,35,36)(H,27,28,30). The molecular formula is C22H21F4N7O4. The van der Waals surface area contributed by atoms with Crippen molar-refractivity contribution in [2.24, 2.45) is 0 Å². The zero-order chi connectivity index (χ0) is 26.3. The van der Waals surface area contributed by atoms with Gasteiger partial charge in [0.25, 0.3) is 5.91 Å². The van der Waals surface area contributed by atoms with Gasteiger partial charge in [-0.15, -0.1) is 13.2 Å². The Morgan fingerprint density at radius 3 is 2.54 bits per heavy atom. The molecule has 0 radical (unpaired) electrons. The number of nitrogens with one attached hydrogen (secondary N) is 1. The Morgan fingerprint density at radius 1 is 1.05 bits per heavy atom. The van der Waals surface area contributed by atoms with E-state index in [0.29, 0.717) is 36.0 Å². The molecule has 0 unspecified atom stereocenters. The maximum absolute atomic E-state index is 14.8. The molecule has 0 fully saturated rings. The van der Waals surface area contributed by atoms with Crippen LogP contribution in [0.5, 0.6) is 5.75 Å². The van der Waals surface area contributed by atoms with E-state index in [0.717, 1.165) is 17.8 Å². The fourth-order valence-electron chi connectivity index (χ4n) is 4.60. The molecule has 2 aliphatic rings. The van der Waals surface area contributed by atoms with Crippen LogP contribution in [-0.4, -0.2) is 78.1 Å². The summed E-state index contributed by atoms with van der Waals surface area (Å²) in [6, 6.07) is 2.80. The minimum Gasteiger partial charge on any atom is -0.465 e. The highest BCUT2D eigenvalue weighted by atomic mass is 19.4. The third kappa shape index (κ3) is 5.06. The van der Waals surface area contributed by atoms with E-state index < -0.39 is 29.9 Å². The summed E-state index contributed by atoms with van der Waals surface area (Å²) >= 11 is 0. The Hall–Kier alpha value is -4.17. The zero-order valence-electron chi connectivity index (χ0n) is 19.3. The molecule has 0 spiro atoms. The predicted molar refractivity (Wildman–Crippen MR) is 116 cm³/mol. The molecule has 3 aromatic rings. The molecule has 0 saturated heterocycles. The number of fused-ring (bicyclic) bond motifs is 2. The number of amides is 2. The van der Waals surface area contributed by atoms with Gasteiger partial charge in [0.2, 0.25) is 0 Å². The fourth-order valence-corrected chi connectivity index (χ4v) is 4.60. The third-order valence-electron chi connectivity index (χ3n) is 6.41. The van der Waals surface area contributed by atoms with Crippen molar-refractivity contribution in [3.63, 3.8) is 0 Å². The van der Waals surface area contributed by atoms with Gasteiger partial charge in [-0.3, -0.25) is 9.48 Å². The van der Waals surface area contributed by atoms with E-state index in [-0.39, 0.29) is 50.3 Å². The number of aromatic amines is 1. The van der Waals surface area contributed by atoms with Gasteiger partial charge < -0.3 is 19.6 Å². The van der Waals surface area contributed by atoms with Crippen LogP contribution in [0.1, 0.15) is 38.7 Å². The predicted octanol–water partition coefficient (Wildman–Crippen LogP) is 2.36. The van der Waals surface area contributed by atoms with Gasteiger partial charge in [-0.2, -0.15) is 20.5 Å². The smallest absolute Gasteiger partial charge is 0.465 e. The Kier molecular flexibility index (Phi) is 6.21. The second-order valence-electron chi connectivity index (χ2n) is 8.69. The monoisotopic (exact) mass is 523 g/mol. The number of carboxylic acid groups (broad SMARTS) is 1. The van der Waals surface area contributed by atoms with Crippen molar-refractivity contribution in [1.29, 1.82) is 0 Å². The van der Waals surface area contributed by atoms with Gasteiger partial charge in [-0.1, -0.05) is 6.07 Å². The fraction of sp³-hybridized carbons (Fsp3) is 0.409. The minimum absolute atomic E-state index is 0.0381. The summed E-state index contributed by atoms with van der Waals surface area (Å²) in [7, 11) is 0. The largest absolute Gasteiger partial charge is 0.573 e. The van der Waals surface area contributed by atoms with Crippen LogP contribution in [0.3, 0.4) is 0 Å². The van der Waals surface area contributed by atoms with Gasteiger partial charge in [0.1, 0.15) is 17.3 Å². The molecule has 11 nitrogen and oxygen atoms in total. The highest BCUT2D eigenvalue weighted by Gasteiger charge is 2.33. The van der Waals surface area contributed by atoms with E-state index in [1.54, 1.807) is 9.58 Å². The minimum atomic E-state index is -4.97. The van der Waals surface area contributed by atoms with Crippen LogP contribution in [0.25, 0.3) is 0 Å². The van der Waals surface area contributed by atoms with E-state index >= 15 is 0 Å². The van der Waals surface area contributed by atoms with Crippen LogP contribution in [-0.2, 0) is 32.4 Å². The van der Waals surface area contributed by atoms with Gasteiger partial charge in [0, 0.05) is 56.2 Å². The summed E-state index contributed by atoms with van der Waals surface area (Å²) in [5.74, 6) is -2.05. The highest BCUT2D eigenvalue weighted by Crippen LogP contribution is 2.29. The number of aromatic nitrogens is 5. The van der Waals surface area contributed by atoms with E-state index in [1.807, 2.05) is 0 Å². The molecule has 0 saturated carbocycles. The molecule has 0 bridgehead atoms. The van der Waals surface area contributed by atoms with Crippen molar-refractivity contribution < 1.29 is 37.0 Å². The molecule has 37 heavy (non-hydrogen) atoms. The first kappa shape index (κ1) is 24.5. The maximum atomic E-state index is 14.8. The SMILES string of the molecule is O=C(O)N1CCc2c(Cc3ccc(OC(F)(F)F)cc3F)c(C(=O)N3CCc4n[nH]nc4C3)nn2CC1. The van der Waals surface area contributed by atoms with Crippen molar-refractivity contribution in [3.05, 3.63) is 57.9 Å². The Bertz CT molecular complexity index is 1350. The normalized spacial score (nSPS) is 15.7. The topological polar surface area (TPSA) is 129 Å². The van der Waals surface area contributed by atoms with Gasteiger partial charge in [-0.25, -0.2) is 9.18 Å². The van der Waals surface area contributed by atoms with Gasteiger partial charge in [0.05, 0.1) is 18.8 Å². The lowest BCUT2D eigenvalue weighted by Crippen LogP contribution is -2.37. The third-order valence-corrected chi connectivity index (χ3v) is 6.41. The molecule has 0 aliphatic carbocycles. The second-order valence-corrected chi connectivity index (χ2v) is 8.69. The summed E-state index contributed by atoms with van der Waals surface area (Å²) in [6.45, 7) is 1.06. The average molecular weight is 523 g/mol. The summed E-state index contributed by atoms with van der Waals surface area (Å²) < 4.78 is 57.8. The molecule has 5 rings (SSSR count). The number of carbonyl (C=O) groups excluding carboxylic acids is 1. The average Bonchev–Trinajstić information content (AvgIpc) is 3.37. The zero-order valence-corrected chi connectivity index (χ0v) is 19.3. The van der Waals surface area contributed by atoms with E-state index in [4.69, 9.17) is 0 Å². The molecule has 196 valence electrons. The lowest BCUT2D eigenvalue weighted by molar-refractivity contribution is -0.274. The summed E-state index contributed by atoms with van der Waals surface area (Å²) in [5, 5.41) is 24.5. The van der Waals surface area contributed by atoms with Crippen molar-refractivity contribution in [3.8, 4) is 5.75 Å². The van der Waals surface area contributed by atoms with Crippen LogP contribution in [0, 0.1) is 5.82 Å². The van der Waals surface area contributed by atoms with E-state index in [9.17, 15) is 32.3 Å². The maximum Gasteiger partial charge on any atom is 0.573 e. The molecular weight excluding hydrogens is 502 g/mol. The van der Waals surface area contributed by atoms with E-state index in [2.05, 4.69) is 25.2 Å². The molecule has 2 amide bonds. The highest BCUT2D eigenvalue weighted by molar-refractivity contribution is 5.94. The summed E-state index contributed by atoms with van der Waals surface area (Å²) in [6.07, 6.45) is -5.47. The van der Waals surface area contributed by atoms with Crippen LogP contribution < -0.4 is 4.74 Å². The number of hydrogen-bond acceptors (Lipinski definition) is 6. The van der Waals surface area contributed by atoms with Gasteiger partial charge >= 0.3 is 12.5 Å². The van der Waals surface area contributed by atoms with Crippen molar-refractivity contribution in [2.75, 3.05) is 19.6 Å². The number of hydrogen-bond donors (Lipinski definition) is 2. The second kappa shape index (κ2) is 9.37. The van der Waals surface area contributed by atoms with Crippen molar-refractivity contribution in [1.82, 2.24) is 35.0 Å². The summed E-state index contributed by atoms with van der Waals surface area (Å²) in [4.78, 5) is 27.8. The van der Waals surface area contributed by atoms with Gasteiger partial charge in [0.15, 0.2) is 5.69 Å². The van der Waals surface area contributed by atoms with Crippen LogP contribution in [0.2, 0.25) is 0 Å². The van der Waals surface area contributed by atoms with Crippen LogP contribution in [0.4, 0.5) is 22.4 Å². The number of H-pyrrole nitrogens is 1. The quantitative estimate of drug-likeness (QED) is 0.503. The molecule has 1 aromatic carbocycles. The molecule has 2 aliphatic heterocycles. The van der Waals surface area contributed by atoms with Crippen molar-refractivity contribution in [2.45, 2.75) is 38.7 Å². The van der Waals surface area contributed by atoms with Gasteiger partial charge in [-0.05, 0) is 11.6 Å². The number of carbonyl (C=O) groups is 2. The lowest BCUT2D eigenvalue weighted by atomic mass is 9.99. The number of alkyl halides is 3. The number of rotatable bonds is 4. The van der Waals surface area contributed by atoms with E-state index in [1.165, 1.54) is 4.90 Å². The molecule has 4 heterocycles. The van der Waals surface area contributed by atoms with Crippen LogP contribution in [0.15, 0.2) is 18.2 Å². The number of benzene rings is 1. The first-order valence-corrected chi connectivity index (χ1v) is 11.4. The first-order valence-electron chi connectivity index (χ1n) is 11.4. The molecule has 0 atom stereocenters. The molecule has 15 heteroatoms. The number of nitrogens with zero attached hydrogens (tertiary/aromatic N) is 6. The number of halogens is 4. The molecule has 2 aromatic heterocycles. The molecule has 2 N–H and O–H groups in total. The van der Waals surface area contributed by atoms with Crippen LogP contribution >= 0.6 is 0 Å². The Morgan fingerprint density at radius 2 is 1.81 bits per heavy atom. The Labute approximate surface area is 206 Å². The first-order chi connectivity index (χ1) is 17.6. The van der Waals surface area contributed by atoms with Crippen molar-refractivity contribution >= 4 is 12.0 Å². The lowest BCUT2D eigenvalue weighted by Gasteiger charge is -2.25. The number of ether oxygens (including phenoxy) is 1.